The van der Waals surface area contributed by atoms with Crippen molar-refractivity contribution >= 4 is 17.5 Å². The van der Waals surface area contributed by atoms with Crippen LogP contribution in [0.2, 0.25) is 0 Å². The SMILES string of the molecule is CC(=O)N(CCC(=O)Nc1cccc(C)c1)CCC(C)C. The maximum Gasteiger partial charge on any atom is 0.226 e. The fraction of sp³-hybridized carbons (Fsp3) is 0.529. The molecule has 0 fully saturated rings. The van der Waals surface area contributed by atoms with Crippen LogP contribution in [-0.2, 0) is 9.59 Å². The monoisotopic (exact) mass is 290 g/mol. The molecule has 4 heteroatoms. The van der Waals surface area contributed by atoms with E-state index in [9.17, 15) is 9.59 Å². The minimum absolute atomic E-state index is 0.0269. The second-order valence-corrected chi connectivity index (χ2v) is 5.86. The first-order valence-corrected chi connectivity index (χ1v) is 7.50. The molecule has 0 unspecified atom stereocenters. The number of hydrogen-bond acceptors (Lipinski definition) is 2. The first-order valence-electron chi connectivity index (χ1n) is 7.50. The van der Waals surface area contributed by atoms with E-state index in [1.807, 2.05) is 31.2 Å². The summed E-state index contributed by atoms with van der Waals surface area (Å²) in [5.74, 6) is 0.517. The second-order valence-electron chi connectivity index (χ2n) is 5.86. The zero-order valence-corrected chi connectivity index (χ0v) is 13.5. The summed E-state index contributed by atoms with van der Waals surface area (Å²) in [4.78, 5) is 25.3. The Labute approximate surface area is 127 Å². The third kappa shape index (κ3) is 6.93. The number of aryl methyl sites for hydroxylation is 1. The maximum atomic E-state index is 11.9. The van der Waals surface area contributed by atoms with E-state index in [0.29, 0.717) is 25.4 Å². The zero-order chi connectivity index (χ0) is 15.8. The molecule has 1 aromatic carbocycles. The van der Waals surface area contributed by atoms with Crippen LogP contribution >= 0.6 is 0 Å². The molecule has 2 amide bonds. The number of nitrogens with one attached hydrogen (secondary N) is 1. The van der Waals surface area contributed by atoms with Crippen molar-refractivity contribution in [3.05, 3.63) is 29.8 Å². The van der Waals surface area contributed by atoms with Crippen LogP contribution in [-0.4, -0.2) is 29.8 Å². The van der Waals surface area contributed by atoms with Crippen molar-refractivity contribution < 1.29 is 9.59 Å². The minimum Gasteiger partial charge on any atom is -0.342 e. The van der Waals surface area contributed by atoms with Crippen LogP contribution in [0.5, 0.6) is 0 Å². The molecule has 0 heterocycles. The van der Waals surface area contributed by atoms with Crippen LogP contribution in [0.15, 0.2) is 24.3 Å². The largest absolute Gasteiger partial charge is 0.342 e. The quantitative estimate of drug-likeness (QED) is 0.838. The van der Waals surface area contributed by atoms with Gasteiger partial charge in [0.15, 0.2) is 0 Å². The van der Waals surface area contributed by atoms with Gasteiger partial charge in [-0.25, -0.2) is 0 Å². The highest BCUT2D eigenvalue weighted by atomic mass is 16.2. The predicted molar refractivity (Wildman–Crippen MR) is 86.1 cm³/mol. The first kappa shape index (κ1) is 17.2. The van der Waals surface area contributed by atoms with E-state index in [-0.39, 0.29) is 11.8 Å². The Balaban J connectivity index is 2.44. The van der Waals surface area contributed by atoms with Gasteiger partial charge in [-0.15, -0.1) is 0 Å². The molecule has 0 spiro atoms. The summed E-state index contributed by atoms with van der Waals surface area (Å²) >= 11 is 0. The molecule has 0 radical (unpaired) electrons. The molecule has 0 saturated heterocycles. The molecular weight excluding hydrogens is 264 g/mol. The van der Waals surface area contributed by atoms with Crippen molar-refractivity contribution in [2.24, 2.45) is 5.92 Å². The number of rotatable bonds is 7. The molecule has 0 aliphatic heterocycles. The molecule has 0 aliphatic carbocycles. The summed E-state index contributed by atoms with van der Waals surface area (Å²) in [6.45, 7) is 8.98. The topological polar surface area (TPSA) is 49.4 Å². The lowest BCUT2D eigenvalue weighted by molar-refractivity contribution is -0.129. The number of benzene rings is 1. The maximum absolute atomic E-state index is 11.9. The van der Waals surface area contributed by atoms with Gasteiger partial charge in [0.1, 0.15) is 0 Å². The van der Waals surface area contributed by atoms with Crippen molar-refractivity contribution in [2.75, 3.05) is 18.4 Å². The van der Waals surface area contributed by atoms with Gasteiger partial charge < -0.3 is 10.2 Å². The lowest BCUT2D eigenvalue weighted by atomic mass is 10.1. The summed E-state index contributed by atoms with van der Waals surface area (Å²) in [6.07, 6.45) is 1.28. The normalized spacial score (nSPS) is 10.5. The van der Waals surface area contributed by atoms with Gasteiger partial charge >= 0.3 is 0 Å². The Hall–Kier alpha value is -1.84. The third-order valence-corrected chi connectivity index (χ3v) is 3.33. The fourth-order valence-electron chi connectivity index (χ4n) is 2.02. The van der Waals surface area contributed by atoms with E-state index >= 15 is 0 Å². The number of carbonyl (C=O) groups excluding carboxylic acids is 2. The standard InChI is InChI=1S/C17H26N2O2/c1-13(2)8-10-19(15(4)20)11-9-17(21)18-16-7-5-6-14(3)12-16/h5-7,12-13H,8-11H2,1-4H3,(H,18,21). The Bertz CT molecular complexity index is 483. The predicted octanol–water partition coefficient (Wildman–Crippen LogP) is 3.22. The van der Waals surface area contributed by atoms with Crippen molar-refractivity contribution in [2.45, 2.75) is 40.5 Å². The summed E-state index contributed by atoms with van der Waals surface area (Å²) in [5.41, 5.74) is 1.91. The van der Waals surface area contributed by atoms with Crippen LogP contribution in [0, 0.1) is 12.8 Å². The van der Waals surface area contributed by atoms with E-state index in [4.69, 9.17) is 0 Å². The van der Waals surface area contributed by atoms with Crippen molar-refractivity contribution in [1.29, 1.82) is 0 Å². The second kappa shape index (κ2) is 8.45. The van der Waals surface area contributed by atoms with Gasteiger partial charge in [-0.3, -0.25) is 9.59 Å². The van der Waals surface area contributed by atoms with Crippen molar-refractivity contribution in [3.63, 3.8) is 0 Å². The summed E-state index contributed by atoms with van der Waals surface area (Å²) < 4.78 is 0. The molecule has 116 valence electrons. The molecule has 1 N–H and O–H groups in total. The molecule has 21 heavy (non-hydrogen) atoms. The van der Waals surface area contributed by atoms with Gasteiger partial charge in [0.25, 0.3) is 0 Å². The van der Waals surface area contributed by atoms with Gasteiger partial charge in [0.05, 0.1) is 0 Å². The summed E-state index contributed by atoms with van der Waals surface area (Å²) in [5, 5.41) is 2.86. The summed E-state index contributed by atoms with van der Waals surface area (Å²) in [7, 11) is 0. The molecule has 1 rings (SSSR count). The van der Waals surface area contributed by atoms with Gasteiger partial charge in [-0.2, -0.15) is 0 Å². The highest BCUT2D eigenvalue weighted by Gasteiger charge is 2.11. The van der Waals surface area contributed by atoms with Gasteiger partial charge in [0, 0.05) is 32.1 Å². The lowest BCUT2D eigenvalue weighted by Gasteiger charge is -2.21. The minimum atomic E-state index is -0.0589. The molecule has 0 atom stereocenters. The number of hydrogen-bond donors (Lipinski definition) is 1. The number of anilines is 1. The Kier molecular flexibility index (Phi) is 6.92. The number of nitrogens with zero attached hydrogens (tertiary/aromatic N) is 1. The first-order chi connectivity index (χ1) is 9.88. The van der Waals surface area contributed by atoms with Crippen LogP contribution in [0.1, 0.15) is 39.2 Å². The molecular formula is C17H26N2O2. The smallest absolute Gasteiger partial charge is 0.226 e. The van der Waals surface area contributed by atoms with Crippen LogP contribution in [0.3, 0.4) is 0 Å². The Morgan fingerprint density at radius 2 is 1.95 bits per heavy atom. The third-order valence-electron chi connectivity index (χ3n) is 3.33. The van der Waals surface area contributed by atoms with E-state index in [0.717, 1.165) is 17.7 Å². The van der Waals surface area contributed by atoms with E-state index < -0.39 is 0 Å². The van der Waals surface area contributed by atoms with E-state index in [1.165, 1.54) is 0 Å². The highest BCUT2D eigenvalue weighted by molar-refractivity contribution is 5.91. The molecule has 1 aromatic rings. The van der Waals surface area contributed by atoms with Crippen molar-refractivity contribution in [1.82, 2.24) is 4.90 Å². The van der Waals surface area contributed by atoms with Crippen LogP contribution in [0.25, 0.3) is 0 Å². The van der Waals surface area contributed by atoms with Crippen molar-refractivity contribution in [3.8, 4) is 0 Å². The Morgan fingerprint density at radius 3 is 2.52 bits per heavy atom. The van der Waals surface area contributed by atoms with Crippen LogP contribution < -0.4 is 5.32 Å². The molecule has 0 bridgehead atoms. The highest BCUT2D eigenvalue weighted by Crippen LogP contribution is 2.10. The zero-order valence-electron chi connectivity index (χ0n) is 13.5. The average molecular weight is 290 g/mol. The fourth-order valence-corrected chi connectivity index (χ4v) is 2.02. The summed E-state index contributed by atoms with van der Waals surface area (Å²) in [6, 6.07) is 7.69. The van der Waals surface area contributed by atoms with E-state index in [1.54, 1.807) is 11.8 Å². The lowest BCUT2D eigenvalue weighted by Crippen LogP contribution is -2.33. The van der Waals surface area contributed by atoms with E-state index in [2.05, 4.69) is 19.2 Å². The average Bonchev–Trinajstić information content (AvgIpc) is 2.37. The Morgan fingerprint density at radius 1 is 1.24 bits per heavy atom. The molecule has 0 aliphatic rings. The number of amides is 2. The molecule has 0 saturated carbocycles. The van der Waals surface area contributed by atoms with Gasteiger partial charge in [-0.05, 0) is 37.0 Å². The van der Waals surface area contributed by atoms with Gasteiger partial charge in [0.2, 0.25) is 11.8 Å². The number of carbonyl (C=O) groups is 2. The molecule has 4 nitrogen and oxygen atoms in total. The van der Waals surface area contributed by atoms with Gasteiger partial charge in [-0.1, -0.05) is 26.0 Å². The molecule has 0 aromatic heterocycles. The van der Waals surface area contributed by atoms with Crippen LogP contribution in [0.4, 0.5) is 5.69 Å².